The summed E-state index contributed by atoms with van der Waals surface area (Å²) in [5.74, 6) is -1.17. The summed E-state index contributed by atoms with van der Waals surface area (Å²) in [7, 11) is 0. The van der Waals surface area contributed by atoms with Gasteiger partial charge in [0, 0.05) is 5.54 Å². The minimum atomic E-state index is -0.969. The Morgan fingerprint density at radius 3 is 2.15 bits per heavy atom. The molecule has 0 bridgehead atoms. The molecule has 0 aromatic carbocycles. The number of carboxylic acids is 1. The highest BCUT2D eigenvalue weighted by atomic mass is 16.4. The molecule has 0 unspecified atom stereocenters. The van der Waals surface area contributed by atoms with Crippen molar-refractivity contribution in [2.45, 2.75) is 26.3 Å². The molecular weight excluding hydrogens is 172 g/mol. The van der Waals surface area contributed by atoms with Gasteiger partial charge >= 0.3 is 5.97 Å². The predicted molar refractivity (Wildman–Crippen MR) is 48.4 cm³/mol. The third-order valence-electron chi connectivity index (χ3n) is 1.08. The molecule has 13 heavy (non-hydrogen) atoms. The van der Waals surface area contributed by atoms with E-state index in [-0.39, 0.29) is 24.5 Å². The fraction of sp³-hybridized carbons (Fsp3) is 0.750. The summed E-state index contributed by atoms with van der Waals surface area (Å²) in [4.78, 5) is 21.1. The minimum absolute atomic E-state index is 0.0313. The van der Waals surface area contributed by atoms with E-state index in [0.29, 0.717) is 0 Å². The lowest BCUT2D eigenvalue weighted by molar-refractivity contribution is -0.136. The van der Waals surface area contributed by atoms with E-state index >= 15 is 0 Å². The maximum atomic E-state index is 11.1. The van der Waals surface area contributed by atoms with Gasteiger partial charge in [0.25, 0.3) is 0 Å². The van der Waals surface area contributed by atoms with Crippen LogP contribution in [0.3, 0.4) is 0 Å². The van der Waals surface area contributed by atoms with Crippen LogP contribution in [0.4, 0.5) is 0 Å². The van der Waals surface area contributed by atoms with E-state index in [1.165, 1.54) is 0 Å². The molecule has 0 rings (SSSR count). The van der Waals surface area contributed by atoms with Crippen LogP contribution in [0.5, 0.6) is 0 Å². The first kappa shape index (κ1) is 11.9. The van der Waals surface area contributed by atoms with Gasteiger partial charge in [0.15, 0.2) is 0 Å². The summed E-state index contributed by atoms with van der Waals surface area (Å²) < 4.78 is 0. The number of hydrogen-bond donors (Lipinski definition) is 3. The Kier molecular flexibility index (Phi) is 4.40. The monoisotopic (exact) mass is 188 g/mol. The lowest BCUT2D eigenvalue weighted by atomic mass is 10.1. The Bertz CT molecular complexity index is 196. The van der Waals surface area contributed by atoms with Gasteiger partial charge in [-0.3, -0.25) is 14.9 Å². The standard InChI is InChI=1S/C8H16N2O3/c1-8(2,3)10-6(11)4-9-5-7(12)13/h9H,4-5H2,1-3H3,(H,10,11)(H,12,13). The maximum Gasteiger partial charge on any atom is 0.317 e. The fourth-order valence-electron chi connectivity index (χ4n) is 0.745. The second kappa shape index (κ2) is 4.81. The molecule has 0 aliphatic carbocycles. The largest absolute Gasteiger partial charge is 0.480 e. The number of hydrogen-bond acceptors (Lipinski definition) is 3. The van der Waals surface area contributed by atoms with E-state index in [4.69, 9.17) is 5.11 Å². The molecular formula is C8H16N2O3. The van der Waals surface area contributed by atoms with Crippen molar-refractivity contribution in [2.75, 3.05) is 13.1 Å². The van der Waals surface area contributed by atoms with Crippen molar-refractivity contribution in [2.24, 2.45) is 0 Å². The topological polar surface area (TPSA) is 78.4 Å². The maximum absolute atomic E-state index is 11.1. The predicted octanol–water partition coefficient (Wildman–Crippen LogP) is -0.425. The Morgan fingerprint density at radius 2 is 1.77 bits per heavy atom. The SMILES string of the molecule is CC(C)(C)NC(=O)CNCC(=O)O. The van der Waals surface area contributed by atoms with Crippen molar-refractivity contribution in [3.05, 3.63) is 0 Å². The van der Waals surface area contributed by atoms with Gasteiger partial charge in [-0.15, -0.1) is 0 Å². The number of carbonyl (C=O) groups is 2. The molecule has 0 saturated carbocycles. The summed E-state index contributed by atoms with van der Waals surface area (Å²) in [5.41, 5.74) is -0.276. The third kappa shape index (κ3) is 8.81. The Balaban J connectivity index is 3.59. The van der Waals surface area contributed by atoms with Gasteiger partial charge in [-0.25, -0.2) is 0 Å². The van der Waals surface area contributed by atoms with E-state index < -0.39 is 5.97 Å². The van der Waals surface area contributed by atoms with E-state index in [1.807, 2.05) is 20.8 Å². The van der Waals surface area contributed by atoms with Crippen molar-refractivity contribution >= 4 is 11.9 Å². The highest BCUT2D eigenvalue weighted by Gasteiger charge is 2.12. The molecule has 76 valence electrons. The normalized spacial score (nSPS) is 11.0. The first-order valence-corrected chi connectivity index (χ1v) is 4.05. The number of aliphatic carboxylic acids is 1. The lowest BCUT2D eigenvalue weighted by Gasteiger charge is -2.20. The molecule has 0 aromatic heterocycles. The van der Waals surface area contributed by atoms with Gasteiger partial charge in [-0.05, 0) is 20.8 Å². The Morgan fingerprint density at radius 1 is 1.23 bits per heavy atom. The summed E-state index contributed by atoms with van der Waals surface area (Å²) in [5, 5.41) is 13.5. The van der Waals surface area contributed by atoms with Gasteiger partial charge in [0.05, 0.1) is 13.1 Å². The fourth-order valence-corrected chi connectivity index (χ4v) is 0.745. The quantitative estimate of drug-likeness (QED) is 0.559. The molecule has 0 aliphatic heterocycles. The number of carbonyl (C=O) groups excluding carboxylic acids is 1. The van der Waals surface area contributed by atoms with Crippen molar-refractivity contribution in [1.82, 2.24) is 10.6 Å². The Hall–Kier alpha value is -1.10. The summed E-state index contributed by atoms with van der Waals surface area (Å²) in [6.45, 7) is 5.42. The first-order chi connectivity index (χ1) is 5.81. The van der Waals surface area contributed by atoms with Crippen LogP contribution in [0.15, 0.2) is 0 Å². The minimum Gasteiger partial charge on any atom is -0.480 e. The molecule has 5 nitrogen and oxygen atoms in total. The Labute approximate surface area is 77.5 Å². The van der Waals surface area contributed by atoms with Crippen LogP contribution >= 0.6 is 0 Å². The van der Waals surface area contributed by atoms with Crippen molar-refractivity contribution < 1.29 is 14.7 Å². The van der Waals surface area contributed by atoms with Crippen LogP contribution in [0, 0.1) is 0 Å². The summed E-state index contributed by atoms with van der Waals surface area (Å²) >= 11 is 0. The van der Waals surface area contributed by atoms with Crippen LogP contribution < -0.4 is 10.6 Å². The van der Waals surface area contributed by atoms with Crippen LogP contribution in [0.1, 0.15) is 20.8 Å². The second-order valence-corrected chi connectivity index (χ2v) is 3.80. The second-order valence-electron chi connectivity index (χ2n) is 3.80. The van der Waals surface area contributed by atoms with Gasteiger partial charge in [0.1, 0.15) is 0 Å². The highest BCUT2D eigenvalue weighted by Crippen LogP contribution is 1.96. The third-order valence-corrected chi connectivity index (χ3v) is 1.08. The molecule has 0 spiro atoms. The molecule has 0 heterocycles. The zero-order chi connectivity index (χ0) is 10.5. The van der Waals surface area contributed by atoms with Crippen molar-refractivity contribution in [3.8, 4) is 0 Å². The molecule has 0 aliphatic rings. The average molecular weight is 188 g/mol. The number of carboxylic acid groups (broad SMARTS) is 1. The number of amides is 1. The van der Waals surface area contributed by atoms with Gasteiger partial charge in [-0.1, -0.05) is 0 Å². The van der Waals surface area contributed by atoms with Crippen molar-refractivity contribution in [1.29, 1.82) is 0 Å². The molecule has 5 heteroatoms. The summed E-state index contributed by atoms with van der Waals surface area (Å²) in [6, 6.07) is 0. The molecule has 0 saturated heterocycles. The van der Waals surface area contributed by atoms with E-state index in [9.17, 15) is 9.59 Å². The highest BCUT2D eigenvalue weighted by molar-refractivity contribution is 5.79. The molecule has 0 aromatic rings. The first-order valence-electron chi connectivity index (χ1n) is 4.05. The number of nitrogens with one attached hydrogen (secondary N) is 2. The molecule has 0 radical (unpaired) electrons. The van der Waals surface area contributed by atoms with Crippen molar-refractivity contribution in [3.63, 3.8) is 0 Å². The van der Waals surface area contributed by atoms with E-state index in [2.05, 4.69) is 10.6 Å². The molecule has 1 amide bonds. The molecule has 0 fully saturated rings. The van der Waals surface area contributed by atoms with Gasteiger partial charge < -0.3 is 10.4 Å². The summed E-state index contributed by atoms with van der Waals surface area (Å²) in [6.07, 6.45) is 0. The van der Waals surface area contributed by atoms with E-state index in [0.717, 1.165) is 0 Å². The van der Waals surface area contributed by atoms with Crippen LogP contribution in [-0.4, -0.2) is 35.6 Å². The molecule has 0 atom stereocenters. The average Bonchev–Trinajstić information content (AvgIpc) is 1.81. The van der Waals surface area contributed by atoms with E-state index in [1.54, 1.807) is 0 Å². The molecule has 3 N–H and O–H groups in total. The van der Waals surface area contributed by atoms with Crippen LogP contribution in [0.2, 0.25) is 0 Å². The lowest BCUT2D eigenvalue weighted by Crippen LogP contribution is -2.45. The smallest absolute Gasteiger partial charge is 0.317 e. The van der Waals surface area contributed by atoms with Crippen LogP contribution in [0.25, 0.3) is 0 Å². The van der Waals surface area contributed by atoms with Gasteiger partial charge in [-0.2, -0.15) is 0 Å². The number of rotatable bonds is 4. The van der Waals surface area contributed by atoms with Gasteiger partial charge in [0.2, 0.25) is 5.91 Å². The van der Waals surface area contributed by atoms with Crippen LogP contribution in [-0.2, 0) is 9.59 Å². The zero-order valence-corrected chi connectivity index (χ0v) is 8.18. The zero-order valence-electron chi connectivity index (χ0n) is 8.18.